The summed E-state index contributed by atoms with van der Waals surface area (Å²) in [4.78, 5) is 0. The number of allylic oxidation sites excluding steroid dienone is 2. The highest BCUT2D eigenvalue weighted by Crippen LogP contribution is 2.10. The van der Waals surface area contributed by atoms with E-state index in [9.17, 15) is 0 Å². The summed E-state index contributed by atoms with van der Waals surface area (Å²) in [5.41, 5.74) is 17.3. The molecule has 0 bridgehead atoms. The average molecular weight is 346 g/mol. The van der Waals surface area contributed by atoms with Crippen LogP contribution in [-0.2, 0) is 0 Å². The Bertz CT molecular complexity index is 744. The summed E-state index contributed by atoms with van der Waals surface area (Å²) < 4.78 is 0. The third kappa shape index (κ3) is 5.74. The molecule has 26 heavy (non-hydrogen) atoms. The van der Waals surface area contributed by atoms with E-state index in [1.807, 2.05) is 86.7 Å². The predicted molar refractivity (Wildman–Crippen MR) is 113 cm³/mol. The molecule has 4 N–H and O–H groups in total. The van der Waals surface area contributed by atoms with Gasteiger partial charge in [-0.3, -0.25) is 0 Å². The van der Waals surface area contributed by atoms with Gasteiger partial charge in [0, 0.05) is 11.4 Å². The van der Waals surface area contributed by atoms with Crippen molar-refractivity contribution in [3.63, 3.8) is 0 Å². The second kappa shape index (κ2) is 9.99. The first-order chi connectivity index (χ1) is 12.6. The van der Waals surface area contributed by atoms with Crippen LogP contribution >= 0.6 is 0 Å². The Hall–Kier alpha value is -3.14. The van der Waals surface area contributed by atoms with E-state index >= 15 is 0 Å². The van der Waals surface area contributed by atoms with Gasteiger partial charge in [-0.15, -0.1) is 0 Å². The minimum Gasteiger partial charge on any atom is -0.398 e. The van der Waals surface area contributed by atoms with Crippen molar-refractivity contribution in [2.75, 3.05) is 0 Å². The lowest BCUT2D eigenvalue weighted by atomic mass is 10.1. The Labute approximate surface area is 155 Å². The van der Waals surface area contributed by atoms with E-state index in [1.165, 1.54) is 0 Å². The maximum Gasteiger partial charge on any atom is 0.0648 e. The maximum absolute atomic E-state index is 6.17. The summed E-state index contributed by atoms with van der Waals surface area (Å²) in [6.07, 6.45) is 5.23. The van der Waals surface area contributed by atoms with Crippen molar-refractivity contribution in [2.24, 2.45) is 21.7 Å². The van der Waals surface area contributed by atoms with Crippen LogP contribution in [0, 0.1) is 0 Å². The zero-order valence-corrected chi connectivity index (χ0v) is 15.4. The Kier molecular flexibility index (Phi) is 7.37. The molecule has 0 atom stereocenters. The Morgan fingerprint density at radius 3 is 1.35 bits per heavy atom. The van der Waals surface area contributed by atoms with Crippen molar-refractivity contribution in [3.8, 4) is 0 Å². The highest BCUT2D eigenvalue weighted by molar-refractivity contribution is 6.03. The molecule has 134 valence electrons. The van der Waals surface area contributed by atoms with Gasteiger partial charge in [0.15, 0.2) is 0 Å². The standard InChI is InChI=1S/C22H26N4/c1-3-19(15-21(23)17-11-7-5-8-12-17)25-26-20(4-2)16-22(24)18-13-9-6-10-14-18/h5-16H,3-4,23-24H2,1-2H3/b21-15+,22-16+,25-19+,26-20+. The minimum absolute atomic E-state index is 0.679. The second-order valence-corrected chi connectivity index (χ2v) is 5.82. The lowest BCUT2D eigenvalue weighted by Crippen LogP contribution is -2.03. The van der Waals surface area contributed by atoms with Crippen LogP contribution in [0.15, 0.2) is 83.0 Å². The van der Waals surface area contributed by atoms with E-state index in [0.717, 1.165) is 35.4 Å². The lowest BCUT2D eigenvalue weighted by Gasteiger charge is -2.03. The molecule has 0 aliphatic carbocycles. The fraction of sp³-hybridized carbons (Fsp3) is 0.182. The van der Waals surface area contributed by atoms with E-state index in [1.54, 1.807) is 0 Å². The quantitative estimate of drug-likeness (QED) is 0.567. The van der Waals surface area contributed by atoms with Gasteiger partial charge in [0.2, 0.25) is 0 Å². The van der Waals surface area contributed by atoms with Crippen molar-refractivity contribution >= 4 is 22.8 Å². The van der Waals surface area contributed by atoms with Crippen LogP contribution < -0.4 is 11.5 Å². The third-order valence-corrected chi connectivity index (χ3v) is 3.89. The molecule has 0 amide bonds. The van der Waals surface area contributed by atoms with Gasteiger partial charge in [-0.1, -0.05) is 74.5 Å². The lowest BCUT2D eigenvalue weighted by molar-refractivity contribution is 1.15. The van der Waals surface area contributed by atoms with Crippen molar-refractivity contribution in [3.05, 3.63) is 83.9 Å². The summed E-state index contributed by atoms with van der Waals surface area (Å²) >= 11 is 0. The minimum atomic E-state index is 0.679. The number of nitrogens with two attached hydrogens (primary N) is 2. The molecule has 4 nitrogen and oxygen atoms in total. The topological polar surface area (TPSA) is 76.8 Å². The molecule has 2 aromatic carbocycles. The molecule has 0 unspecified atom stereocenters. The number of hydrogen-bond acceptors (Lipinski definition) is 4. The van der Waals surface area contributed by atoms with E-state index in [2.05, 4.69) is 10.2 Å². The van der Waals surface area contributed by atoms with E-state index in [4.69, 9.17) is 11.5 Å². The van der Waals surface area contributed by atoms with Gasteiger partial charge in [0.05, 0.1) is 11.4 Å². The molecular weight excluding hydrogens is 320 g/mol. The number of rotatable bonds is 7. The molecule has 0 saturated heterocycles. The largest absolute Gasteiger partial charge is 0.398 e. The Morgan fingerprint density at radius 1 is 0.692 bits per heavy atom. The van der Waals surface area contributed by atoms with Gasteiger partial charge in [0.1, 0.15) is 0 Å². The smallest absolute Gasteiger partial charge is 0.0648 e. The van der Waals surface area contributed by atoms with Crippen LogP contribution in [0.5, 0.6) is 0 Å². The molecule has 2 rings (SSSR count). The predicted octanol–water partition coefficient (Wildman–Crippen LogP) is 4.60. The molecular formula is C22H26N4. The summed E-state index contributed by atoms with van der Waals surface area (Å²) in [6, 6.07) is 19.7. The SMILES string of the molecule is CCC(/C=C(/N)c1ccccc1)=N\N=C(\C=C(\N)c1ccccc1)CC. The fourth-order valence-corrected chi connectivity index (χ4v) is 2.32. The molecule has 0 aromatic heterocycles. The highest BCUT2D eigenvalue weighted by Gasteiger charge is 2.00. The third-order valence-electron chi connectivity index (χ3n) is 3.89. The van der Waals surface area contributed by atoms with Crippen LogP contribution in [0.1, 0.15) is 37.8 Å². The molecule has 0 heterocycles. The summed E-state index contributed by atoms with van der Waals surface area (Å²) in [5, 5.41) is 8.75. The van der Waals surface area contributed by atoms with Crippen molar-refractivity contribution in [1.82, 2.24) is 0 Å². The normalized spacial score (nSPS) is 13.8. The van der Waals surface area contributed by atoms with Gasteiger partial charge in [-0.05, 0) is 36.1 Å². The molecule has 0 aliphatic rings. The number of benzene rings is 2. The summed E-state index contributed by atoms with van der Waals surface area (Å²) in [5.74, 6) is 0. The van der Waals surface area contributed by atoms with Gasteiger partial charge in [-0.25, -0.2) is 0 Å². The molecule has 0 radical (unpaired) electrons. The van der Waals surface area contributed by atoms with Gasteiger partial charge in [-0.2, -0.15) is 10.2 Å². The maximum atomic E-state index is 6.17. The van der Waals surface area contributed by atoms with Crippen LogP contribution in [0.3, 0.4) is 0 Å². The zero-order valence-electron chi connectivity index (χ0n) is 15.4. The van der Waals surface area contributed by atoms with E-state index in [0.29, 0.717) is 11.4 Å². The highest BCUT2D eigenvalue weighted by atomic mass is 15.2. The summed E-state index contributed by atoms with van der Waals surface area (Å²) in [6.45, 7) is 4.06. The van der Waals surface area contributed by atoms with Crippen LogP contribution in [0.25, 0.3) is 11.4 Å². The van der Waals surface area contributed by atoms with Gasteiger partial charge < -0.3 is 11.5 Å². The Morgan fingerprint density at radius 2 is 1.04 bits per heavy atom. The van der Waals surface area contributed by atoms with Crippen LogP contribution in [-0.4, -0.2) is 11.4 Å². The molecule has 2 aromatic rings. The van der Waals surface area contributed by atoms with Crippen molar-refractivity contribution in [1.29, 1.82) is 0 Å². The van der Waals surface area contributed by atoms with Crippen LogP contribution in [0.4, 0.5) is 0 Å². The molecule has 4 heteroatoms. The number of hydrogen-bond donors (Lipinski definition) is 2. The van der Waals surface area contributed by atoms with E-state index in [-0.39, 0.29) is 0 Å². The monoisotopic (exact) mass is 346 g/mol. The average Bonchev–Trinajstić information content (AvgIpc) is 2.70. The van der Waals surface area contributed by atoms with E-state index < -0.39 is 0 Å². The van der Waals surface area contributed by atoms with Gasteiger partial charge in [0.25, 0.3) is 0 Å². The number of nitrogens with zero attached hydrogens (tertiary/aromatic N) is 2. The van der Waals surface area contributed by atoms with Crippen LogP contribution in [0.2, 0.25) is 0 Å². The molecule has 0 fully saturated rings. The second-order valence-electron chi connectivity index (χ2n) is 5.82. The molecule has 0 spiro atoms. The van der Waals surface area contributed by atoms with Gasteiger partial charge >= 0.3 is 0 Å². The first-order valence-corrected chi connectivity index (χ1v) is 8.82. The molecule has 0 saturated carbocycles. The molecule has 0 aliphatic heterocycles. The van der Waals surface area contributed by atoms with Crippen molar-refractivity contribution in [2.45, 2.75) is 26.7 Å². The first-order valence-electron chi connectivity index (χ1n) is 8.82. The Balaban J connectivity index is 2.23. The zero-order chi connectivity index (χ0) is 18.8. The summed E-state index contributed by atoms with van der Waals surface area (Å²) in [7, 11) is 0. The van der Waals surface area contributed by atoms with Crippen molar-refractivity contribution < 1.29 is 0 Å². The first kappa shape index (κ1) is 19.2. The fourth-order valence-electron chi connectivity index (χ4n) is 2.32.